The minimum Gasteiger partial charge on any atom is -0.493 e. The van der Waals surface area contributed by atoms with Gasteiger partial charge in [0.1, 0.15) is 5.75 Å². The molecule has 0 heterocycles. The van der Waals surface area contributed by atoms with E-state index in [1.54, 1.807) is 0 Å². The molecule has 0 N–H and O–H groups in total. The zero-order valence-electron chi connectivity index (χ0n) is 12.8. The molecule has 19 heavy (non-hydrogen) atoms. The van der Waals surface area contributed by atoms with Crippen LogP contribution in [0.5, 0.6) is 5.75 Å². The van der Waals surface area contributed by atoms with E-state index in [1.807, 2.05) is 30.3 Å². The summed E-state index contributed by atoms with van der Waals surface area (Å²) in [4.78, 5) is 0. The highest BCUT2D eigenvalue weighted by atomic mass is 16.5. The first kappa shape index (κ1) is 15.8. The Bertz CT molecular complexity index is 396. The zero-order valence-corrected chi connectivity index (χ0v) is 12.8. The molecule has 2 nitrogen and oxygen atoms in total. The van der Waals surface area contributed by atoms with Crippen LogP contribution in [0, 0.1) is 5.41 Å². The molecule has 0 amide bonds. The van der Waals surface area contributed by atoms with E-state index in [0.717, 1.165) is 11.3 Å². The Morgan fingerprint density at radius 1 is 1.00 bits per heavy atom. The number of ether oxygens (including phenoxy) is 2. The summed E-state index contributed by atoms with van der Waals surface area (Å²) in [5, 5.41) is 0. The second-order valence-corrected chi connectivity index (χ2v) is 6.63. The van der Waals surface area contributed by atoms with E-state index in [0.29, 0.717) is 13.2 Å². The van der Waals surface area contributed by atoms with Gasteiger partial charge in [-0.15, -0.1) is 0 Å². The minimum atomic E-state index is -0.108. The third-order valence-corrected chi connectivity index (χ3v) is 2.64. The number of rotatable bonds is 6. The SMILES string of the molecule is C=Cc1ccc(OCC(C)(C)COC(C)(C)C)cc1. The molecule has 1 aromatic rings. The van der Waals surface area contributed by atoms with Gasteiger partial charge in [-0.25, -0.2) is 0 Å². The fraction of sp³-hybridized carbons (Fsp3) is 0.529. The van der Waals surface area contributed by atoms with Crippen LogP contribution < -0.4 is 4.74 Å². The maximum absolute atomic E-state index is 5.83. The van der Waals surface area contributed by atoms with Crippen LogP contribution in [0.25, 0.3) is 6.08 Å². The smallest absolute Gasteiger partial charge is 0.119 e. The Kier molecular flexibility index (Phi) is 5.19. The van der Waals surface area contributed by atoms with Gasteiger partial charge in [0.05, 0.1) is 18.8 Å². The van der Waals surface area contributed by atoms with E-state index >= 15 is 0 Å². The summed E-state index contributed by atoms with van der Waals surface area (Å²) in [5.74, 6) is 0.884. The van der Waals surface area contributed by atoms with E-state index < -0.39 is 0 Å². The molecule has 0 unspecified atom stereocenters. The van der Waals surface area contributed by atoms with Crippen molar-refractivity contribution in [2.75, 3.05) is 13.2 Å². The average Bonchev–Trinajstić information content (AvgIpc) is 2.34. The highest BCUT2D eigenvalue weighted by molar-refractivity contribution is 5.48. The summed E-state index contributed by atoms with van der Waals surface area (Å²) >= 11 is 0. The molecule has 0 atom stereocenters. The molecule has 0 saturated carbocycles. The van der Waals surface area contributed by atoms with Crippen LogP contribution in [0.15, 0.2) is 30.8 Å². The van der Waals surface area contributed by atoms with Crippen LogP contribution in [-0.4, -0.2) is 18.8 Å². The van der Waals surface area contributed by atoms with Gasteiger partial charge in [-0.05, 0) is 38.5 Å². The lowest BCUT2D eigenvalue weighted by Crippen LogP contribution is -2.32. The number of benzene rings is 1. The van der Waals surface area contributed by atoms with Crippen LogP contribution in [0.1, 0.15) is 40.2 Å². The summed E-state index contributed by atoms with van der Waals surface area (Å²) in [6.45, 7) is 15.6. The summed E-state index contributed by atoms with van der Waals surface area (Å²) in [6.07, 6.45) is 1.82. The van der Waals surface area contributed by atoms with E-state index in [-0.39, 0.29) is 11.0 Å². The van der Waals surface area contributed by atoms with Gasteiger partial charge >= 0.3 is 0 Å². The van der Waals surface area contributed by atoms with Gasteiger partial charge in [0.15, 0.2) is 0 Å². The molecule has 106 valence electrons. The molecule has 2 heteroatoms. The monoisotopic (exact) mass is 262 g/mol. The van der Waals surface area contributed by atoms with Crippen molar-refractivity contribution in [3.05, 3.63) is 36.4 Å². The Morgan fingerprint density at radius 3 is 2.05 bits per heavy atom. The van der Waals surface area contributed by atoms with Gasteiger partial charge in [-0.2, -0.15) is 0 Å². The molecule has 0 aliphatic heterocycles. The summed E-state index contributed by atoms with van der Waals surface area (Å²) in [5.41, 5.74) is 0.982. The molecule has 0 bridgehead atoms. The second-order valence-electron chi connectivity index (χ2n) is 6.63. The van der Waals surface area contributed by atoms with Gasteiger partial charge in [-0.1, -0.05) is 38.6 Å². The van der Waals surface area contributed by atoms with Crippen LogP contribution in [0.3, 0.4) is 0 Å². The van der Waals surface area contributed by atoms with Gasteiger partial charge < -0.3 is 9.47 Å². The second kappa shape index (κ2) is 6.25. The van der Waals surface area contributed by atoms with Crippen molar-refractivity contribution in [3.63, 3.8) is 0 Å². The van der Waals surface area contributed by atoms with Gasteiger partial charge in [0.2, 0.25) is 0 Å². The molecule has 1 aromatic carbocycles. The predicted molar refractivity (Wildman–Crippen MR) is 81.5 cm³/mol. The molecular weight excluding hydrogens is 236 g/mol. The van der Waals surface area contributed by atoms with Crippen LogP contribution in [0.2, 0.25) is 0 Å². The van der Waals surface area contributed by atoms with E-state index in [4.69, 9.17) is 9.47 Å². The quantitative estimate of drug-likeness (QED) is 0.748. The zero-order chi connectivity index (χ0) is 14.5. The van der Waals surface area contributed by atoms with Crippen molar-refractivity contribution >= 4 is 6.08 Å². The molecule has 0 fully saturated rings. The first-order chi connectivity index (χ1) is 8.72. The molecule has 0 aromatic heterocycles. The number of hydrogen-bond donors (Lipinski definition) is 0. The normalized spacial score (nSPS) is 12.3. The minimum absolute atomic E-state index is 0.00954. The van der Waals surface area contributed by atoms with Crippen molar-refractivity contribution in [2.45, 2.75) is 40.2 Å². The lowest BCUT2D eigenvalue weighted by atomic mass is 9.96. The van der Waals surface area contributed by atoms with Crippen LogP contribution in [0.4, 0.5) is 0 Å². The highest BCUT2D eigenvalue weighted by Crippen LogP contribution is 2.22. The Balaban J connectivity index is 2.47. The van der Waals surface area contributed by atoms with Crippen molar-refractivity contribution in [1.29, 1.82) is 0 Å². The maximum Gasteiger partial charge on any atom is 0.119 e. The molecule has 0 saturated heterocycles. The molecular formula is C17H26O2. The van der Waals surface area contributed by atoms with Crippen molar-refractivity contribution in [2.24, 2.45) is 5.41 Å². The highest BCUT2D eigenvalue weighted by Gasteiger charge is 2.23. The van der Waals surface area contributed by atoms with E-state index in [1.165, 1.54) is 0 Å². The first-order valence-corrected chi connectivity index (χ1v) is 6.71. The topological polar surface area (TPSA) is 18.5 Å². The molecule has 0 aliphatic carbocycles. The standard InChI is InChI=1S/C17H26O2/c1-7-14-8-10-15(11-9-14)18-12-17(5,6)13-19-16(2,3)4/h7-11H,1,12-13H2,2-6H3. The molecule has 0 spiro atoms. The molecule has 0 radical (unpaired) electrons. The predicted octanol–water partition coefficient (Wildman–Crippen LogP) is 4.55. The lowest BCUT2D eigenvalue weighted by Gasteiger charge is -2.29. The molecule has 0 aliphatic rings. The summed E-state index contributed by atoms with van der Waals surface area (Å²) in [6, 6.07) is 7.94. The summed E-state index contributed by atoms with van der Waals surface area (Å²) in [7, 11) is 0. The largest absolute Gasteiger partial charge is 0.493 e. The van der Waals surface area contributed by atoms with E-state index in [2.05, 4.69) is 41.2 Å². The van der Waals surface area contributed by atoms with Gasteiger partial charge in [-0.3, -0.25) is 0 Å². The fourth-order valence-corrected chi connectivity index (χ4v) is 1.43. The third-order valence-electron chi connectivity index (χ3n) is 2.64. The van der Waals surface area contributed by atoms with Crippen molar-refractivity contribution in [3.8, 4) is 5.75 Å². The van der Waals surface area contributed by atoms with Crippen LogP contribution in [-0.2, 0) is 4.74 Å². The number of hydrogen-bond acceptors (Lipinski definition) is 2. The average molecular weight is 262 g/mol. The molecule has 1 rings (SSSR count). The maximum atomic E-state index is 5.83. The van der Waals surface area contributed by atoms with Crippen LogP contribution >= 0.6 is 0 Å². The Hall–Kier alpha value is -1.28. The summed E-state index contributed by atoms with van der Waals surface area (Å²) < 4.78 is 11.6. The van der Waals surface area contributed by atoms with E-state index in [9.17, 15) is 0 Å². The first-order valence-electron chi connectivity index (χ1n) is 6.71. The Labute approximate surface area is 117 Å². The van der Waals surface area contributed by atoms with Gasteiger partial charge in [0.25, 0.3) is 0 Å². The van der Waals surface area contributed by atoms with Gasteiger partial charge in [0, 0.05) is 5.41 Å². The van der Waals surface area contributed by atoms with Crippen molar-refractivity contribution in [1.82, 2.24) is 0 Å². The Morgan fingerprint density at radius 2 is 1.58 bits per heavy atom. The lowest BCUT2D eigenvalue weighted by molar-refractivity contribution is -0.0532. The van der Waals surface area contributed by atoms with Crippen molar-refractivity contribution < 1.29 is 9.47 Å². The fourth-order valence-electron chi connectivity index (χ4n) is 1.43. The third kappa shape index (κ3) is 6.44.